The lowest BCUT2D eigenvalue weighted by atomic mass is 9.99. The van der Waals surface area contributed by atoms with Crippen LogP contribution in [0.1, 0.15) is 36.6 Å². The summed E-state index contributed by atoms with van der Waals surface area (Å²) in [5, 5.41) is 13.7. The molecule has 1 unspecified atom stereocenters. The van der Waals surface area contributed by atoms with Crippen molar-refractivity contribution in [3.05, 3.63) is 29.3 Å². The average molecular weight is 432 g/mol. The highest BCUT2D eigenvalue weighted by atomic mass is 32.2. The lowest BCUT2D eigenvalue weighted by molar-refractivity contribution is -0.129. The Morgan fingerprint density at radius 2 is 2.11 bits per heavy atom. The van der Waals surface area contributed by atoms with Gasteiger partial charge in [-0.15, -0.1) is 21.5 Å². The third kappa shape index (κ3) is 4.16. The van der Waals surface area contributed by atoms with Gasteiger partial charge in [-0.2, -0.15) is 0 Å². The summed E-state index contributed by atoms with van der Waals surface area (Å²) in [6, 6.07) is 8.83. The predicted octanol–water partition coefficient (Wildman–Crippen LogP) is 4.22. The summed E-state index contributed by atoms with van der Waals surface area (Å²) in [5.74, 6) is 0.948. The van der Waals surface area contributed by atoms with E-state index in [0.29, 0.717) is 17.7 Å². The van der Waals surface area contributed by atoms with Crippen LogP contribution in [-0.2, 0) is 4.79 Å². The molecule has 146 valence electrons. The first-order valence-electron chi connectivity index (χ1n) is 9.61. The number of rotatable bonds is 6. The van der Waals surface area contributed by atoms with Gasteiger partial charge in [0.25, 0.3) is 0 Å². The van der Waals surface area contributed by atoms with Gasteiger partial charge in [-0.25, -0.2) is 4.98 Å². The van der Waals surface area contributed by atoms with Crippen LogP contribution < -0.4 is 5.32 Å². The number of carbonyl (C=O) groups is 1. The molecular weight excluding hydrogens is 410 g/mol. The van der Waals surface area contributed by atoms with E-state index in [1.165, 1.54) is 29.3 Å². The summed E-state index contributed by atoms with van der Waals surface area (Å²) in [7, 11) is 0. The predicted molar refractivity (Wildman–Crippen MR) is 115 cm³/mol. The van der Waals surface area contributed by atoms with Gasteiger partial charge in [-0.3, -0.25) is 4.79 Å². The molecule has 0 bridgehead atoms. The maximum Gasteiger partial charge on any atom is 0.233 e. The van der Waals surface area contributed by atoms with Crippen LogP contribution in [0.4, 0.5) is 5.13 Å². The lowest BCUT2D eigenvalue weighted by Crippen LogP contribution is -2.40. The number of benzene rings is 1. The van der Waals surface area contributed by atoms with E-state index in [2.05, 4.69) is 33.7 Å². The van der Waals surface area contributed by atoms with E-state index in [4.69, 9.17) is 4.98 Å². The van der Waals surface area contributed by atoms with Crippen LogP contribution in [0, 0.1) is 0 Å². The number of fused-ring (bicyclic) bond motifs is 1. The van der Waals surface area contributed by atoms with Crippen LogP contribution in [0.5, 0.6) is 0 Å². The van der Waals surface area contributed by atoms with Gasteiger partial charge in [-0.1, -0.05) is 35.2 Å². The Morgan fingerprint density at radius 1 is 1.21 bits per heavy atom. The fourth-order valence-electron chi connectivity index (χ4n) is 3.41. The van der Waals surface area contributed by atoms with Crippen molar-refractivity contribution < 1.29 is 4.79 Å². The second-order valence-corrected chi connectivity index (χ2v) is 10.5. The van der Waals surface area contributed by atoms with Gasteiger partial charge in [0.05, 0.1) is 21.0 Å². The van der Waals surface area contributed by atoms with Crippen molar-refractivity contribution in [2.75, 3.05) is 24.2 Å². The molecule has 2 aromatic heterocycles. The summed E-state index contributed by atoms with van der Waals surface area (Å²) in [6.07, 6.45) is 4.56. The molecule has 1 aliphatic heterocycles. The van der Waals surface area contributed by atoms with E-state index < -0.39 is 0 Å². The van der Waals surface area contributed by atoms with E-state index in [1.54, 1.807) is 22.7 Å². The molecule has 1 aliphatic carbocycles. The third-order valence-electron chi connectivity index (χ3n) is 5.06. The Balaban J connectivity index is 1.18. The molecule has 5 rings (SSSR count). The molecule has 0 spiro atoms. The molecule has 1 saturated carbocycles. The third-order valence-corrected chi connectivity index (χ3v) is 8.24. The second kappa shape index (κ2) is 7.96. The number of amides is 1. The first-order chi connectivity index (χ1) is 13.7. The number of thioether (sulfide) groups is 1. The average Bonchev–Trinajstić information content (AvgIpc) is 3.25. The summed E-state index contributed by atoms with van der Waals surface area (Å²) in [5.41, 5.74) is 1.06. The van der Waals surface area contributed by atoms with Crippen LogP contribution in [0.25, 0.3) is 10.2 Å². The number of thiazole rings is 1. The summed E-state index contributed by atoms with van der Waals surface area (Å²) >= 11 is 4.79. The van der Waals surface area contributed by atoms with Crippen molar-refractivity contribution in [3.63, 3.8) is 0 Å². The van der Waals surface area contributed by atoms with Crippen LogP contribution in [0.3, 0.4) is 0 Å². The minimum atomic E-state index is 0.183. The Labute approximate surface area is 175 Å². The van der Waals surface area contributed by atoms with Gasteiger partial charge < -0.3 is 10.2 Å². The zero-order valence-corrected chi connectivity index (χ0v) is 17.8. The molecule has 0 radical (unpaired) electrons. The lowest BCUT2D eigenvalue weighted by Gasteiger charge is -2.31. The normalized spacial score (nSPS) is 19.9. The van der Waals surface area contributed by atoms with E-state index >= 15 is 0 Å². The zero-order chi connectivity index (χ0) is 18.9. The second-order valence-electron chi connectivity index (χ2n) is 7.28. The molecule has 2 fully saturated rings. The number of likely N-dealkylation sites (tertiary alicyclic amines) is 1. The van der Waals surface area contributed by atoms with Crippen molar-refractivity contribution in [2.24, 2.45) is 0 Å². The van der Waals surface area contributed by atoms with Crippen molar-refractivity contribution >= 4 is 55.7 Å². The van der Waals surface area contributed by atoms with Gasteiger partial charge >= 0.3 is 0 Å². The van der Waals surface area contributed by atoms with E-state index in [1.807, 2.05) is 11.0 Å². The maximum atomic E-state index is 12.7. The maximum absolute atomic E-state index is 12.7. The fourth-order valence-corrected chi connectivity index (χ4v) is 6.24. The van der Waals surface area contributed by atoms with Gasteiger partial charge in [0, 0.05) is 25.0 Å². The molecule has 9 heteroatoms. The Kier molecular flexibility index (Phi) is 5.21. The number of hydrogen-bond donors (Lipinski definition) is 1. The number of nitrogens with one attached hydrogen (secondary N) is 1. The molecular formula is C19H21N5OS3. The molecule has 3 aromatic rings. The number of para-hydroxylation sites is 1. The smallest absolute Gasteiger partial charge is 0.233 e. The highest BCUT2D eigenvalue weighted by molar-refractivity contribution is 8.01. The van der Waals surface area contributed by atoms with Crippen LogP contribution >= 0.6 is 34.4 Å². The first kappa shape index (κ1) is 18.3. The van der Waals surface area contributed by atoms with Crippen molar-refractivity contribution in [1.29, 1.82) is 0 Å². The van der Waals surface area contributed by atoms with Crippen LogP contribution in [-0.4, -0.2) is 50.9 Å². The molecule has 3 heterocycles. The summed E-state index contributed by atoms with van der Waals surface area (Å²) in [6.45, 7) is 1.61. The van der Waals surface area contributed by atoms with Crippen LogP contribution in [0.15, 0.2) is 28.6 Å². The minimum absolute atomic E-state index is 0.183. The van der Waals surface area contributed by atoms with Gasteiger partial charge in [0.1, 0.15) is 0 Å². The Bertz CT molecular complexity index is 950. The van der Waals surface area contributed by atoms with Crippen molar-refractivity contribution in [2.45, 2.75) is 42.0 Å². The summed E-state index contributed by atoms with van der Waals surface area (Å²) < 4.78 is 2.08. The van der Waals surface area contributed by atoms with Gasteiger partial charge in [0.2, 0.25) is 11.0 Å². The standard InChI is InChI=1S/C19H21N5OS3/c25-16(11-26-19-23-22-18(28-19)20-13-7-8-13)24-9-3-4-12(10-24)17-21-14-5-1-2-6-15(14)27-17/h1-2,5-6,12-13H,3-4,7-11H2,(H,20,22). The highest BCUT2D eigenvalue weighted by Crippen LogP contribution is 2.34. The van der Waals surface area contributed by atoms with Crippen molar-refractivity contribution in [1.82, 2.24) is 20.1 Å². The van der Waals surface area contributed by atoms with Crippen molar-refractivity contribution in [3.8, 4) is 0 Å². The number of anilines is 1. The molecule has 1 atom stereocenters. The largest absolute Gasteiger partial charge is 0.357 e. The fraction of sp³-hybridized carbons (Fsp3) is 0.474. The molecule has 2 aliphatic rings. The molecule has 1 saturated heterocycles. The topological polar surface area (TPSA) is 71.0 Å². The number of hydrogen-bond acceptors (Lipinski definition) is 8. The number of nitrogens with zero attached hydrogens (tertiary/aromatic N) is 4. The zero-order valence-electron chi connectivity index (χ0n) is 15.3. The number of carbonyl (C=O) groups excluding carboxylic acids is 1. The molecule has 1 N–H and O–H groups in total. The number of aromatic nitrogens is 3. The first-order valence-corrected chi connectivity index (χ1v) is 12.2. The molecule has 1 amide bonds. The Morgan fingerprint density at radius 3 is 2.96 bits per heavy atom. The molecule has 6 nitrogen and oxygen atoms in total. The van der Waals surface area contributed by atoms with E-state index in [9.17, 15) is 4.79 Å². The Hall–Kier alpha value is -1.71. The van der Waals surface area contributed by atoms with Gasteiger partial charge in [-0.05, 0) is 37.8 Å². The molecule has 1 aromatic carbocycles. The van der Waals surface area contributed by atoms with E-state index in [0.717, 1.165) is 45.9 Å². The highest BCUT2D eigenvalue weighted by Gasteiger charge is 2.27. The quantitative estimate of drug-likeness (QED) is 0.589. The number of piperidine rings is 1. The monoisotopic (exact) mass is 431 g/mol. The van der Waals surface area contributed by atoms with Crippen LogP contribution in [0.2, 0.25) is 0 Å². The molecule has 28 heavy (non-hydrogen) atoms. The SMILES string of the molecule is O=C(CSc1nnc(NC2CC2)s1)N1CCCC(c2nc3ccccc3s2)C1. The van der Waals surface area contributed by atoms with Gasteiger partial charge in [0.15, 0.2) is 4.34 Å². The summed E-state index contributed by atoms with van der Waals surface area (Å²) in [4.78, 5) is 19.5. The van der Waals surface area contributed by atoms with E-state index in [-0.39, 0.29) is 5.91 Å². The minimum Gasteiger partial charge on any atom is -0.357 e.